The lowest BCUT2D eigenvalue weighted by Crippen LogP contribution is -2.14. The number of aromatic nitrogens is 1. The topological polar surface area (TPSA) is 124 Å². The third kappa shape index (κ3) is 2.39. The van der Waals surface area contributed by atoms with Crippen LogP contribution in [0.4, 0.5) is 24.5 Å². The minimum atomic E-state index is -1.93. The molecule has 0 aliphatic rings. The van der Waals surface area contributed by atoms with Crippen LogP contribution >= 0.6 is 0 Å². The highest BCUT2D eigenvalue weighted by atomic mass is 19.2. The van der Waals surface area contributed by atoms with Crippen LogP contribution in [0, 0.1) is 38.9 Å². The summed E-state index contributed by atoms with van der Waals surface area (Å²) in [6.45, 7) is 0. The summed E-state index contributed by atoms with van der Waals surface area (Å²) < 4.78 is 46.1. The molecular formula is C13H7F3N4O4. The molecule has 2 N–H and O–H groups in total. The van der Waals surface area contributed by atoms with E-state index >= 15 is 0 Å². The summed E-state index contributed by atoms with van der Waals surface area (Å²) in [4.78, 5) is 21.5. The normalized spacial score (nSPS) is 10.3. The van der Waals surface area contributed by atoms with Crippen molar-refractivity contribution in [2.75, 3.05) is 12.8 Å². The van der Waals surface area contributed by atoms with Crippen LogP contribution < -0.4 is 5.73 Å². The number of esters is 1. The molecule has 0 bridgehead atoms. The van der Waals surface area contributed by atoms with E-state index in [-0.39, 0.29) is 11.6 Å². The molecule has 11 heteroatoms. The summed E-state index contributed by atoms with van der Waals surface area (Å²) in [5, 5.41) is 20.0. The van der Waals surface area contributed by atoms with E-state index in [1.807, 2.05) is 0 Å². The zero-order chi connectivity index (χ0) is 18.2. The Morgan fingerprint density at radius 3 is 2.54 bits per heavy atom. The predicted octanol–water partition coefficient (Wildman–Crippen LogP) is 2.04. The van der Waals surface area contributed by atoms with Crippen molar-refractivity contribution in [1.82, 2.24) is 4.57 Å². The average molecular weight is 340 g/mol. The number of nitro groups is 1. The van der Waals surface area contributed by atoms with Gasteiger partial charge in [-0.25, -0.2) is 13.6 Å². The maximum atomic E-state index is 14.1. The molecule has 2 rings (SSSR count). The van der Waals surface area contributed by atoms with Crippen molar-refractivity contribution >= 4 is 17.3 Å². The van der Waals surface area contributed by atoms with Gasteiger partial charge in [0, 0.05) is 12.3 Å². The largest absolute Gasteiger partial charge is 0.464 e. The van der Waals surface area contributed by atoms with Crippen molar-refractivity contribution in [2.24, 2.45) is 0 Å². The Labute approximate surface area is 131 Å². The third-order valence-corrected chi connectivity index (χ3v) is 3.09. The van der Waals surface area contributed by atoms with Gasteiger partial charge in [-0.1, -0.05) is 0 Å². The van der Waals surface area contributed by atoms with Crippen LogP contribution in [0.2, 0.25) is 0 Å². The van der Waals surface area contributed by atoms with Crippen LogP contribution in [0.3, 0.4) is 0 Å². The second kappa shape index (κ2) is 5.92. The molecule has 1 heterocycles. The number of nitrogens with zero attached hydrogens (tertiary/aromatic N) is 3. The van der Waals surface area contributed by atoms with Gasteiger partial charge in [0.15, 0.2) is 23.0 Å². The van der Waals surface area contributed by atoms with Crippen molar-refractivity contribution in [3.8, 4) is 11.8 Å². The molecule has 1 aromatic heterocycles. The number of nitriles is 1. The van der Waals surface area contributed by atoms with Gasteiger partial charge in [-0.15, -0.1) is 0 Å². The molecule has 0 amide bonds. The Morgan fingerprint density at radius 1 is 1.42 bits per heavy atom. The summed E-state index contributed by atoms with van der Waals surface area (Å²) in [6, 6.07) is 1.66. The predicted molar refractivity (Wildman–Crippen MR) is 72.8 cm³/mol. The van der Waals surface area contributed by atoms with E-state index in [0.29, 0.717) is 4.57 Å². The van der Waals surface area contributed by atoms with Crippen LogP contribution in [0.1, 0.15) is 16.1 Å². The summed E-state index contributed by atoms with van der Waals surface area (Å²) >= 11 is 0. The summed E-state index contributed by atoms with van der Waals surface area (Å²) in [7, 11) is 0.946. The van der Waals surface area contributed by atoms with E-state index in [9.17, 15) is 28.1 Å². The molecule has 124 valence electrons. The van der Waals surface area contributed by atoms with Crippen LogP contribution in [-0.4, -0.2) is 22.6 Å². The van der Waals surface area contributed by atoms with Gasteiger partial charge in [0.05, 0.1) is 23.3 Å². The fourth-order valence-corrected chi connectivity index (χ4v) is 2.06. The summed E-state index contributed by atoms with van der Waals surface area (Å²) in [6.07, 6.45) is 0.782. The lowest BCUT2D eigenvalue weighted by atomic mass is 10.2. The fourth-order valence-electron chi connectivity index (χ4n) is 2.06. The van der Waals surface area contributed by atoms with Gasteiger partial charge in [0.25, 0.3) is 0 Å². The van der Waals surface area contributed by atoms with Gasteiger partial charge in [-0.2, -0.15) is 9.65 Å². The number of carbonyl (C=O) groups is 1. The highest BCUT2D eigenvalue weighted by molar-refractivity contribution is 5.96. The average Bonchev–Trinajstić information content (AvgIpc) is 2.85. The molecule has 0 saturated carbocycles. The minimum Gasteiger partial charge on any atom is -0.464 e. The molecule has 0 unspecified atom stereocenters. The maximum Gasteiger partial charge on any atom is 0.357 e. The number of nitro benzene ring substituents is 1. The first kappa shape index (κ1) is 16.8. The SMILES string of the molecule is COC(=O)c1c(N)c(C#N)cn1-c1c(F)cc(F)c(F)c1[N+](=O)[O-]. The third-order valence-electron chi connectivity index (χ3n) is 3.09. The Morgan fingerprint density at radius 2 is 2.04 bits per heavy atom. The number of nitrogens with two attached hydrogens (primary N) is 1. The van der Waals surface area contributed by atoms with Gasteiger partial charge < -0.3 is 10.5 Å². The zero-order valence-corrected chi connectivity index (χ0v) is 11.8. The smallest absolute Gasteiger partial charge is 0.357 e. The number of hydrogen-bond donors (Lipinski definition) is 1. The van der Waals surface area contributed by atoms with Crippen molar-refractivity contribution in [1.29, 1.82) is 5.26 Å². The van der Waals surface area contributed by atoms with Gasteiger partial charge >= 0.3 is 11.7 Å². The van der Waals surface area contributed by atoms with Crippen LogP contribution in [0.15, 0.2) is 12.3 Å². The molecule has 8 nitrogen and oxygen atoms in total. The highest BCUT2D eigenvalue weighted by Crippen LogP contribution is 2.34. The van der Waals surface area contributed by atoms with Gasteiger partial charge in [-0.05, 0) is 0 Å². The van der Waals surface area contributed by atoms with Crippen LogP contribution in [0.25, 0.3) is 5.69 Å². The highest BCUT2D eigenvalue weighted by Gasteiger charge is 2.33. The van der Waals surface area contributed by atoms with Crippen molar-refractivity contribution in [3.05, 3.63) is 51.1 Å². The van der Waals surface area contributed by atoms with Crippen molar-refractivity contribution < 1.29 is 27.6 Å². The van der Waals surface area contributed by atoms with E-state index in [0.717, 1.165) is 13.3 Å². The molecule has 0 atom stereocenters. The number of anilines is 1. The van der Waals surface area contributed by atoms with E-state index in [2.05, 4.69) is 4.74 Å². The Kier molecular flexibility index (Phi) is 4.15. The number of rotatable bonds is 3. The first-order valence-corrected chi connectivity index (χ1v) is 6.06. The van der Waals surface area contributed by atoms with E-state index in [1.54, 1.807) is 6.07 Å². The molecule has 0 aliphatic heterocycles. The number of halogens is 3. The second-order valence-corrected chi connectivity index (χ2v) is 4.39. The van der Waals surface area contributed by atoms with E-state index < -0.39 is 51.1 Å². The Hall–Kier alpha value is -3.55. The minimum absolute atomic E-state index is 0.0704. The van der Waals surface area contributed by atoms with Gasteiger partial charge in [0.1, 0.15) is 6.07 Å². The van der Waals surface area contributed by atoms with Gasteiger partial charge in [0.2, 0.25) is 5.82 Å². The Bertz CT molecular complexity index is 917. The molecule has 0 fully saturated rings. The van der Waals surface area contributed by atoms with E-state index in [1.165, 1.54) is 0 Å². The molecular weight excluding hydrogens is 333 g/mol. The molecule has 2 aromatic rings. The lowest BCUT2D eigenvalue weighted by Gasteiger charge is -2.10. The van der Waals surface area contributed by atoms with Crippen molar-refractivity contribution in [3.63, 3.8) is 0 Å². The first-order chi connectivity index (χ1) is 11.2. The quantitative estimate of drug-likeness (QED) is 0.394. The molecule has 24 heavy (non-hydrogen) atoms. The maximum absolute atomic E-state index is 14.1. The molecule has 1 aromatic carbocycles. The van der Waals surface area contributed by atoms with E-state index in [4.69, 9.17) is 11.0 Å². The van der Waals surface area contributed by atoms with Crippen molar-refractivity contribution in [2.45, 2.75) is 0 Å². The number of nitrogen functional groups attached to an aromatic ring is 1. The molecule has 0 spiro atoms. The standard InChI is InChI=1S/C13H7F3N4O4/c1-24-13(21)12-9(18)5(3-17)4-19(12)10-7(15)2-6(14)8(16)11(10)20(22)23/h2,4H,18H2,1H3. The second-order valence-electron chi connectivity index (χ2n) is 4.39. The fraction of sp³-hybridized carbons (Fsp3) is 0.0769. The Balaban J connectivity index is 2.98. The zero-order valence-electron chi connectivity index (χ0n) is 11.8. The molecule has 0 aliphatic carbocycles. The number of benzene rings is 1. The number of carbonyl (C=O) groups excluding carboxylic acids is 1. The summed E-state index contributed by atoms with van der Waals surface area (Å²) in [5.74, 6) is -6.42. The number of methoxy groups -OCH3 is 1. The monoisotopic (exact) mass is 340 g/mol. The van der Waals surface area contributed by atoms with Gasteiger partial charge in [-0.3, -0.25) is 14.7 Å². The number of ether oxygens (including phenoxy) is 1. The number of hydrogen-bond acceptors (Lipinski definition) is 6. The molecule has 0 radical (unpaired) electrons. The lowest BCUT2D eigenvalue weighted by molar-refractivity contribution is -0.387. The summed E-state index contributed by atoms with van der Waals surface area (Å²) in [5.41, 5.74) is 1.49. The molecule has 0 saturated heterocycles. The van der Waals surface area contributed by atoms with Crippen LogP contribution in [0.5, 0.6) is 0 Å². The first-order valence-electron chi connectivity index (χ1n) is 6.06. The van der Waals surface area contributed by atoms with Crippen LogP contribution in [-0.2, 0) is 4.74 Å².